The zero-order chi connectivity index (χ0) is 24.7. The van der Waals surface area contributed by atoms with E-state index in [2.05, 4.69) is 49.2 Å². The van der Waals surface area contributed by atoms with Crippen molar-refractivity contribution >= 4 is 39.2 Å². The number of aliphatic imine (C=N–C) groups is 1. The molecule has 1 N–H and O–H groups in total. The number of nitrogens with one attached hydrogen (secondary N) is 1. The maximum absolute atomic E-state index is 14.5. The zero-order valence-corrected chi connectivity index (χ0v) is 21.7. The van der Waals surface area contributed by atoms with E-state index in [1.165, 1.54) is 6.07 Å². The molecule has 3 fully saturated rings. The minimum atomic E-state index is -0.563. The van der Waals surface area contributed by atoms with Crippen molar-refractivity contribution in [1.29, 1.82) is 0 Å². The maximum Gasteiger partial charge on any atom is 0.262 e. The molecule has 4 aliphatic rings. The van der Waals surface area contributed by atoms with E-state index in [4.69, 9.17) is 14.5 Å². The first-order valence-electron chi connectivity index (χ1n) is 12.8. The molecule has 2 aromatic rings. The number of ether oxygens (including phenoxy) is 2. The van der Waals surface area contributed by atoms with Crippen LogP contribution in [0.15, 0.2) is 45.9 Å². The van der Waals surface area contributed by atoms with Crippen molar-refractivity contribution in [3.05, 3.63) is 57.8 Å². The van der Waals surface area contributed by atoms with Crippen molar-refractivity contribution in [2.45, 2.75) is 56.9 Å². The molecule has 0 radical (unpaired) electrons. The van der Waals surface area contributed by atoms with Crippen LogP contribution >= 0.6 is 15.9 Å². The van der Waals surface area contributed by atoms with E-state index in [1.807, 2.05) is 0 Å². The maximum atomic E-state index is 14.5. The van der Waals surface area contributed by atoms with Gasteiger partial charge in [-0.1, -0.05) is 25.0 Å². The van der Waals surface area contributed by atoms with E-state index in [0.29, 0.717) is 30.2 Å². The molecule has 2 aromatic carbocycles. The summed E-state index contributed by atoms with van der Waals surface area (Å²) in [7, 11) is 0. The number of piperidine rings is 1. The quantitative estimate of drug-likeness (QED) is 0.577. The van der Waals surface area contributed by atoms with Crippen LogP contribution in [0.5, 0.6) is 0 Å². The molecule has 3 aliphatic heterocycles. The first kappa shape index (κ1) is 23.9. The number of guanidine groups is 1. The molecule has 1 aliphatic carbocycles. The van der Waals surface area contributed by atoms with Crippen LogP contribution in [-0.2, 0) is 16.0 Å². The molecule has 0 aromatic heterocycles. The lowest BCUT2D eigenvalue weighted by Gasteiger charge is -2.40. The summed E-state index contributed by atoms with van der Waals surface area (Å²) in [6.45, 7) is 3.54. The molecule has 0 bridgehead atoms. The number of carbonyl (C=O) groups excluding carboxylic acids is 1. The lowest BCUT2D eigenvalue weighted by atomic mass is 10.0. The molecule has 1 saturated carbocycles. The molecule has 1 spiro atoms. The van der Waals surface area contributed by atoms with Crippen LogP contribution in [0.25, 0.3) is 0 Å². The van der Waals surface area contributed by atoms with Gasteiger partial charge in [0.2, 0.25) is 5.96 Å². The van der Waals surface area contributed by atoms with Crippen LogP contribution in [0.1, 0.15) is 54.4 Å². The zero-order valence-electron chi connectivity index (χ0n) is 20.1. The van der Waals surface area contributed by atoms with Gasteiger partial charge in [-0.15, -0.1) is 0 Å². The highest BCUT2D eigenvalue weighted by molar-refractivity contribution is 9.10. The first-order valence-corrected chi connectivity index (χ1v) is 13.6. The van der Waals surface area contributed by atoms with Gasteiger partial charge in [-0.25, -0.2) is 9.38 Å². The molecular formula is C27H30BrFN4O3. The highest BCUT2D eigenvalue weighted by atomic mass is 79.9. The number of hydrogen-bond acceptors (Lipinski definition) is 6. The van der Waals surface area contributed by atoms with E-state index >= 15 is 0 Å². The molecule has 6 rings (SSSR count). The first-order chi connectivity index (χ1) is 17.5. The highest BCUT2D eigenvalue weighted by Gasteiger charge is 2.40. The Morgan fingerprint density at radius 2 is 1.86 bits per heavy atom. The monoisotopic (exact) mass is 556 g/mol. The van der Waals surface area contributed by atoms with Gasteiger partial charge in [0.25, 0.3) is 5.91 Å². The predicted molar refractivity (Wildman–Crippen MR) is 140 cm³/mol. The number of nitrogens with zero attached hydrogens (tertiary/aromatic N) is 3. The second kappa shape index (κ2) is 9.76. The van der Waals surface area contributed by atoms with Crippen LogP contribution in [-0.4, -0.2) is 50.0 Å². The fraction of sp³-hybridized carbons (Fsp3) is 0.481. The summed E-state index contributed by atoms with van der Waals surface area (Å²) in [4.78, 5) is 22.4. The van der Waals surface area contributed by atoms with Crippen molar-refractivity contribution in [3.63, 3.8) is 0 Å². The topological polar surface area (TPSA) is 66.4 Å². The molecule has 1 amide bonds. The Balaban J connectivity index is 1.27. The highest BCUT2D eigenvalue weighted by Crippen LogP contribution is 2.38. The largest absolute Gasteiger partial charge is 0.371 e. The van der Waals surface area contributed by atoms with Crippen molar-refractivity contribution in [1.82, 2.24) is 5.32 Å². The lowest BCUT2D eigenvalue weighted by Crippen LogP contribution is -2.50. The second-order valence-electron chi connectivity index (χ2n) is 9.91. The van der Waals surface area contributed by atoms with E-state index in [-0.39, 0.29) is 11.6 Å². The van der Waals surface area contributed by atoms with Crippen LogP contribution in [0.4, 0.5) is 15.8 Å². The predicted octanol–water partition coefficient (Wildman–Crippen LogP) is 4.98. The van der Waals surface area contributed by atoms with Gasteiger partial charge in [-0.3, -0.25) is 10.1 Å². The second-order valence-corrected chi connectivity index (χ2v) is 10.8. The molecule has 190 valence electrons. The van der Waals surface area contributed by atoms with E-state index < -0.39 is 17.5 Å². The van der Waals surface area contributed by atoms with Gasteiger partial charge < -0.3 is 19.3 Å². The number of carbonyl (C=O) groups is 1. The van der Waals surface area contributed by atoms with E-state index in [9.17, 15) is 9.18 Å². The Morgan fingerprint density at radius 3 is 2.58 bits per heavy atom. The molecule has 9 heteroatoms. The van der Waals surface area contributed by atoms with Gasteiger partial charge in [-0.05, 0) is 58.6 Å². The molecule has 0 atom stereocenters. The summed E-state index contributed by atoms with van der Waals surface area (Å²) in [6, 6.07) is 11.3. The summed E-state index contributed by atoms with van der Waals surface area (Å²) < 4.78 is 26.7. The number of halogens is 2. The van der Waals surface area contributed by atoms with Crippen molar-refractivity contribution in [2.24, 2.45) is 4.99 Å². The number of hydrogen-bond donors (Lipinski definition) is 1. The fourth-order valence-electron chi connectivity index (χ4n) is 5.86. The smallest absolute Gasteiger partial charge is 0.262 e. The third-order valence-corrected chi connectivity index (χ3v) is 8.43. The Morgan fingerprint density at radius 1 is 1.11 bits per heavy atom. The summed E-state index contributed by atoms with van der Waals surface area (Å²) in [5.74, 6) is -0.978. The van der Waals surface area contributed by atoms with Gasteiger partial charge in [-0.2, -0.15) is 0 Å². The standard InChI is InChI=1S/C27H30BrFN4O3/c28-21-6-3-7-22(29)24(21)25(34)31-26-30-17-18-8-9-20(16-23(18)33(26)19-4-1-2-5-19)32-12-10-27(11-13-32)35-14-15-36-27/h3,6-9,16,19H,1-2,4-5,10-15,17H2,(H,30,31,34). The number of anilines is 2. The third kappa shape index (κ3) is 4.41. The van der Waals surface area contributed by atoms with Crippen LogP contribution in [0, 0.1) is 5.82 Å². The molecule has 3 heterocycles. The number of fused-ring (bicyclic) bond motifs is 1. The van der Waals surface area contributed by atoms with Gasteiger partial charge in [0.05, 0.1) is 31.0 Å². The van der Waals surface area contributed by atoms with Gasteiger partial charge in [0.15, 0.2) is 5.79 Å². The molecule has 36 heavy (non-hydrogen) atoms. The summed E-state index contributed by atoms with van der Waals surface area (Å²) >= 11 is 3.32. The minimum absolute atomic E-state index is 0.00952. The van der Waals surface area contributed by atoms with E-state index in [1.54, 1.807) is 12.1 Å². The number of benzene rings is 2. The number of amides is 1. The van der Waals surface area contributed by atoms with Crippen LogP contribution in [0.2, 0.25) is 0 Å². The lowest BCUT2D eigenvalue weighted by molar-refractivity contribution is -0.169. The van der Waals surface area contributed by atoms with Gasteiger partial charge in [0.1, 0.15) is 5.82 Å². The number of rotatable bonds is 3. The molecule has 2 saturated heterocycles. The SMILES string of the molecule is O=C(NC1=NCc2ccc(N3CCC4(CC3)OCCO4)cc2N1C1CCCC1)c1c(F)cccc1Br. The fourth-order valence-corrected chi connectivity index (χ4v) is 6.38. The van der Waals surface area contributed by atoms with Crippen molar-refractivity contribution in [2.75, 3.05) is 36.1 Å². The summed E-state index contributed by atoms with van der Waals surface area (Å²) in [5.41, 5.74) is 3.34. The summed E-state index contributed by atoms with van der Waals surface area (Å²) in [5, 5.41) is 2.94. The van der Waals surface area contributed by atoms with Crippen molar-refractivity contribution in [3.8, 4) is 0 Å². The molecule has 7 nitrogen and oxygen atoms in total. The van der Waals surface area contributed by atoms with Crippen LogP contribution < -0.4 is 15.1 Å². The average molecular weight is 557 g/mol. The van der Waals surface area contributed by atoms with Gasteiger partial charge >= 0.3 is 0 Å². The van der Waals surface area contributed by atoms with Gasteiger partial charge in [0, 0.05) is 42.1 Å². The average Bonchev–Trinajstić information content (AvgIpc) is 3.57. The normalized spacial score (nSPS) is 21.6. The minimum Gasteiger partial charge on any atom is -0.371 e. The van der Waals surface area contributed by atoms with Crippen molar-refractivity contribution < 1.29 is 18.7 Å². The Hall–Kier alpha value is -2.49. The Kier molecular flexibility index (Phi) is 6.47. The third-order valence-electron chi connectivity index (χ3n) is 7.76. The molecular weight excluding hydrogens is 527 g/mol. The molecule has 0 unspecified atom stereocenters. The Bertz CT molecular complexity index is 1160. The Labute approximate surface area is 218 Å². The van der Waals surface area contributed by atoms with Crippen LogP contribution in [0.3, 0.4) is 0 Å². The van der Waals surface area contributed by atoms with E-state index in [0.717, 1.165) is 68.6 Å². The summed E-state index contributed by atoms with van der Waals surface area (Å²) in [6.07, 6.45) is 6.04.